The van der Waals surface area contributed by atoms with E-state index in [1.807, 2.05) is 30.3 Å². The maximum atomic E-state index is 13.2. The lowest BCUT2D eigenvalue weighted by molar-refractivity contribution is 0.103. The fourth-order valence-electron chi connectivity index (χ4n) is 3.14. The van der Waals surface area contributed by atoms with Crippen LogP contribution in [0.15, 0.2) is 58.1 Å². The second-order valence-electron chi connectivity index (χ2n) is 6.78. The van der Waals surface area contributed by atoms with Crippen LogP contribution < -0.4 is 0 Å². The van der Waals surface area contributed by atoms with E-state index in [4.69, 9.17) is 16.1 Å². The number of aromatic nitrogens is 1. The van der Waals surface area contributed by atoms with Crippen molar-refractivity contribution in [2.45, 2.75) is 30.1 Å². The molecule has 0 aliphatic heterocycles. The van der Waals surface area contributed by atoms with E-state index >= 15 is 0 Å². The average Bonchev–Trinajstić information content (AvgIpc) is 3.39. The summed E-state index contributed by atoms with van der Waals surface area (Å²) in [6.07, 6.45) is 5.75. The van der Waals surface area contributed by atoms with Crippen molar-refractivity contribution in [2.24, 2.45) is 0 Å². The van der Waals surface area contributed by atoms with Crippen LogP contribution in [0.2, 0.25) is 5.02 Å². The first-order valence-electron chi connectivity index (χ1n) is 8.73. The summed E-state index contributed by atoms with van der Waals surface area (Å²) in [5.74, 6) is 0.879. The van der Waals surface area contributed by atoms with Gasteiger partial charge < -0.3 is 9.08 Å². The van der Waals surface area contributed by atoms with Crippen LogP contribution in [0.25, 0.3) is 0 Å². The Morgan fingerprint density at radius 3 is 2.63 bits per heavy atom. The number of rotatable bonds is 6. The molecule has 0 radical (unpaired) electrons. The largest absolute Gasteiger partial charge is 0.612 e. The van der Waals surface area contributed by atoms with Crippen molar-refractivity contribution in [3.05, 3.63) is 81.7 Å². The first kappa shape index (κ1) is 18.3. The van der Waals surface area contributed by atoms with Gasteiger partial charge in [0.1, 0.15) is 6.26 Å². The Morgan fingerprint density at radius 2 is 1.96 bits per heavy atom. The van der Waals surface area contributed by atoms with Gasteiger partial charge in [0.2, 0.25) is 0 Å². The van der Waals surface area contributed by atoms with Gasteiger partial charge in [0.15, 0.2) is 16.4 Å². The van der Waals surface area contributed by atoms with Crippen molar-refractivity contribution in [1.82, 2.24) is 5.16 Å². The quantitative estimate of drug-likeness (QED) is 0.442. The Labute approximate surface area is 165 Å². The molecular formula is C21H18ClNO3S. The number of hydrogen-bond donors (Lipinski definition) is 0. The normalized spacial score (nSPS) is 14.9. The van der Waals surface area contributed by atoms with E-state index in [9.17, 15) is 9.35 Å². The van der Waals surface area contributed by atoms with Crippen LogP contribution in [0.1, 0.15) is 51.6 Å². The lowest BCUT2D eigenvalue weighted by atomic mass is 9.94. The molecule has 1 fully saturated rings. The van der Waals surface area contributed by atoms with Crippen molar-refractivity contribution in [3.8, 4) is 0 Å². The molecule has 0 amide bonds. The van der Waals surface area contributed by atoms with Crippen molar-refractivity contribution in [2.75, 3.05) is 6.26 Å². The smallest absolute Gasteiger partial charge is 0.198 e. The fraction of sp³-hybridized carbons (Fsp3) is 0.238. The Kier molecular flexibility index (Phi) is 5.08. The molecule has 1 atom stereocenters. The van der Waals surface area contributed by atoms with E-state index in [2.05, 4.69) is 5.16 Å². The SMILES string of the molecule is C[S+]([O-])c1ccc(C(=O)c2cnoc2C2CC2)c(Cc2ccc(Cl)cc2)c1. The van der Waals surface area contributed by atoms with Gasteiger partial charge in [0, 0.05) is 16.5 Å². The summed E-state index contributed by atoms with van der Waals surface area (Å²) in [6.45, 7) is 0. The molecule has 138 valence electrons. The van der Waals surface area contributed by atoms with Gasteiger partial charge in [-0.3, -0.25) is 4.79 Å². The summed E-state index contributed by atoms with van der Waals surface area (Å²) >= 11 is 4.85. The number of halogens is 1. The predicted octanol–water partition coefficient (Wildman–Crippen LogP) is 4.76. The van der Waals surface area contributed by atoms with Crippen molar-refractivity contribution in [1.29, 1.82) is 0 Å². The van der Waals surface area contributed by atoms with Crippen molar-refractivity contribution < 1.29 is 13.9 Å². The summed E-state index contributed by atoms with van der Waals surface area (Å²) < 4.78 is 17.3. The molecule has 2 aromatic carbocycles. The molecular weight excluding hydrogens is 382 g/mol. The van der Waals surface area contributed by atoms with Crippen LogP contribution in [0.3, 0.4) is 0 Å². The van der Waals surface area contributed by atoms with Crippen LogP contribution in [-0.2, 0) is 17.6 Å². The molecule has 1 unspecified atom stereocenters. The molecule has 3 aromatic rings. The highest BCUT2D eigenvalue weighted by atomic mass is 35.5. The van der Waals surface area contributed by atoms with Crippen LogP contribution in [0.5, 0.6) is 0 Å². The van der Waals surface area contributed by atoms with E-state index in [0.29, 0.717) is 39.1 Å². The third-order valence-electron chi connectivity index (χ3n) is 4.75. The second kappa shape index (κ2) is 7.50. The van der Waals surface area contributed by atoms with Crippen LogP contribution in [-0.4, -0.2) is 21.7 Å². The third kappa shape index (κ3) is 3.95. The summed E-state index contributed by atoms with van der Waals surface area (Å²) in [7, 11) is 0. The Hall–Kier alpha value is -2.08. The highest BCUT2D eigenvalue weighted by Crippen LogP contribution is 2.42. The molecule has 1 aromatic heterocycles. The minimum atomic E-state index is -1.12. The number of hydrogen-bond acceptors (Lipinski definition) is 4. The van der Waals surface area contributed by atoms with Gasteiger partial charge in [0.25, 0.3) is 0 Å². The summed E-state index contributed by atoms with van der Waals surface area (Å²) in [6, 6.07) is 12.9. The van der Waals surface area contributed by atoms with Crippen molar-refractivity contribution in [3.63, 3.8) is 0 Å². The zero-order valence-electron chi connectivity index (χ0n) is 14.8. The molecule has 0 spiro atoms. The van der Waals surface area contributed by atoms with Crippen LogP contribution in [0, 0.1) is 0 Å². The standard InChI is InChI=1S/C21H18ClNO3S/c1-27(25)17-8-9-18(15(11-17)10-13-2-6-16(22)7-3-13)20(24)19-12-23-26-21(19)14-4-5-14/h2-3,6-9,11-12,14H,4-5,10H2,1H3. The van der Waals surface area contributed by atoms with Gasteiger partial charge in [-0.1, -0.05) is 28.9 Å². The molecule has 1 aliphatic carbocycles. The zero-order chi connectivity index (χ0) is 19.0. The van der Waals surface area contributed by atoms with Gasteiger partial charge >= 0.3 is 0 Å². The van der Waals surface area contributed by atoms with Crippen molar-refractivity contribution >= 4 is 28.6 Å². The van der Waals surface area contributed by atoms with Crippen LogP contribution >= 0.6 is 11.6 Å². The zero-order valence-corrected chi connectivity index (χ0v) is 16.3. The summed E-state index contributed by atoms with van der Waals surface area (Å²) in [5, 5.41) is 4.50. The monoisotopic (exact) mass is 399 g/mol. The maximum Gasteiger partial charge on any atom is 0.198 e. The topological polar surface area (TPSA) is 66.2 Å². The Balaban J connectivity index is 1.73. The summed E-state index contributed by atoms with van der Waals surface area (Å²) in [4.78, 5) is 13.9. The van der Waals surface area contributed by atoms with Gasteiger partial charge in [-0.15, -0.1) is 0 Å². The molecule has 1 aliphatic rings. The number of carbonyl (C=O) groups excluding carboxylic acids is 1. The molecule has 4 rings (SSSR count). The van der Waals surface area contributed by atoms with Gasteiger partial charge in [-0.25, -0.2) is 0 Å². The summed E-state index contributed by atoms with van der Waals surface area (Å²) in [5.41, 5.74) is 2.97. The lowest BCUT2D eigenvalue weighted by Crippen LogP contribution is -2.09. The molecule has 4 nitrogen and oxygen atoms in total. The van der Waals surface area contributed by atoms with E-state index in [0.717, 1.165) is 24.0 Å². The molecule has 0 N–H and O–H groups in total. The predicted molar refractivity (Wildman–Crippen MR) is 105 cm³/mol. The van der Waals surface area contributed by atoms with E-state index in [1.54, 1.807) is 18.4 Å². The van der Waals surface area contributed by atoms with E-state index < -0.39 is 11.2 Å². The Morgan fingerprint density at radius 1 is 1.22 bits per heavy atom. The average molecular weight is 400 g/mol. The van der Waals surface area contributed by atoms with Gasteiger partial charge in [0.05, 0.1) is 11.8 Å². The highest BCUT2D eigenvalue weighted by Gasteiger charge is 2.33. The molecule has 1 saturated carbocycles. The molecule has 1 heterocycles. The first-order valence-corrected chi connectivity index (χ1v) is 10.7. The number of carbonyl (C=O) groups is 1. The number of nitrogens with zero attached hydrogens (tertiary/aromatic N) is 1. The minimum absolute atomic E-state index is 0.101. The lowest BCUT2D eigenvalue weighted by Gasteiger charge is -2.12. The van der Waals surface area contributed by atoms with Gasteiger partial charge in [-0.2, -0.15) is 0 Å². The minimum Gasteiger partial charge on any atom is -0.612 e. The number of ketones is 1. The molecule has 0 saturated heterocycles. The third-order valence-corrected chi connectivity index (χ3v) is 5.92. The first-order chi connectivity index (χ1) is 13.0. The second-order valence-corrected chi connectivity index (χ2v) is 8.60. The van der Waals surface area contributed by atoms with Crippen LogP contribution in [0.4, 0.5) is 0 Å². The molecule has 0 bridgehead atoms. The van der Waals surface area contributed by atoms with E-state index in [1.165, 1.54) is 6.20 Å². The maximum absolute atomic E-state index is 13.2. The highest BCUT2D eigenvalue weighted by molar-refractivity contribution is 7.90. The molecule has 27 heavy (non-hydrogen) atoms. The van der Waals surface area contributed by atoms with E-state index in [-0.39, 0.29) is 5.78 Å². The Bertz CT molecular complexity index is 977. The molecule has 6 heteroatoms. The van der Waals surface area contributed by atoms with Gasteiger partial charge in [-0.05, 0) is 71.9 Å². The number of benzene rings is 2. The fourth-order valence-corrected chi connectivity index (χ4v) is 3.84.